The molecule has 0 atom stereocenters. The molecule has 20 heavy (non-hydrogen) atoms. The Kier molecular flexibility index (Phi) is 5.46. The second-order valence-electron chi connectivity index (χ2n) is 4.80. The quantitative estimate of drug-likeness (QED) is 0.816. The predicted molar refractivity (Wildman–Crippen MR) is 84.5 cm³/mol. The summed E-state index contributed by atoms with van der Waals surface area (Å²) < 4.78 is 1.96. The number of halogens is 2. The smallest absolute Gasteiger partial charge is 0.0677 e. The Labute approximate surface area is 129 Å². The van der Waals surface area contributed by atoms with Crippen molar-refractivity contribution in [1.29, 1.82) is 0 Å². The second-order valence-corrected chi connectivity index (χ2v) is 5.59. The molecule has 0 aliphatic heterocycles. The molecule has 1 aromatic heterocycles. The van der Waals surface area contributed by atoms with Gasteiger partial charge in [-0.3, -0.25) is 4.68 Å². The van der Waals surface area contributed by atoms with Gasteiger partial charge in [0.05, 0.1) is 22.8 Å². The molecular formula is C15H19Cl2N3. The molecule has 0 aliphatic rings. The first-order valence-electron chi connectivity index (χ1n) is 6.78. The SMILES string of the molecule is CCCNCc1cnn(Cc2cccc(Cl)c2Cl)c1C. The Morgan fingerprint density at radius 1 is 1.25 bits per heavy atom. The zero-order chi connectivity index (χ0) is 14.5. The average Bonchev–Trinajstić information content (AvgIpc) is 2.77. The van der Waals surface area contributed by atoms with Gasteiger partial charge in [-0.2, -0.15) is 5.10 Å². The first kappa shape index (κ1) is 15.4. The van der Waals surface area contributed by atoms with Crippen molar-refractivity contribution in [1.82, 2.24) is 15.1 Å². The summed E-state index contributed by atoms with van der Waals surface area (Å²) in [5.74, 6) is 0. The summed E-state index contributed by atoms with van der Waals surface area (Å²) in [5, 5.41) is 9.01. The van der Waals surface area contributed by atoms with Gasteiger partial charge in [0.1, 0.15) is 0 Å². The third-order valence-corrected chi connectivity index (χ3v) is 4.16. The Morgan fingerprint density at radius 2 is 2.05 bits per heavy atom. The Bertz CT molecular complexity index is 578. The lowest BCUT2D eigenvalue weighted by molar-refractivity contribution is 0.651. The van der Waals surface area contributed by atoms with Crippen LogP contribution in [0.1, 0.15) is 30.2 Å². The van der Waals surface area contributed by atoms with E-state index in [-0.39, 0.29) is 0 Å². The molecule has 0 saturated heterocycles. The highest BCUT2D eigenvalue weighted by atomic mass is 35.5. The van der Waals surface area contributed by atoms with Gasteiger partial charge in [-0.1, -0.05) is 42.3 Å². The maximum atomic E-state index is 6.22. The Hall–Kier alpha value is -1.03. The van der Waals surface area contributed by atoms with Gasteiger partial charge < -0.3 is 5.32 Å². The van der Waals surface area contributed by atoms with Crippen molar-refractivity contribution in [2.75, 3.05) is 6.54 Å². The topological polar surface area (TPSA) is 29.9 Å². The molecule has 3 nitrogen and oxygen atoms in total. The molecule has 1 N–H and O–H groups in total. The first-order valence-corrected chi connectivity index (χ1v) is 7.54. The largest absolute Gasteiger partial charge is 0.313 e. The molecular weight excluding hydrogens is 293 g/mol. The average molecular weight is 312 g/mol. The third-order valence-electron chi connectivity index (χ3n) is 3.30. The van der Waals surface area contributed by atoms with Crippen LogP contribution in [0, 0.1) is 6.92 Å². The summed E-state index contributed by atoms with van der Waals surface area (Å²) >= 11 is 12.3. The van der Waals surface area contributed by atoms with Crippen LogP contribution in [0.4, 0.5) is 0 Å². The monoisotopic (exact) mass is 311 g/mol. The minimum atomic E-state index is 0.582. The van der Waals surface area contributed by atoms with Crippen LogP contribution < -0.4 is 5.32 Å². The molecule has 0 fully saturated rings. The number of benzene rings is 1. The van der Waals surface area contributed by atoms with Crippen LogP contribution in [-0.2, 0) is 13.1 Å². The molecule has 0 spiro atoms. The number of hydrogen-bond acceptors (Lipinski definition) is 2. The lowest BCUT2D eigenvalue weighted by Gasteiger charge is -2.09. The van der Waals surface area contributed by atoms with Gasteiger partial charge in [-0.25, -0.2) is 0 Å². The van der Waals surface area contributed by atoms with Gasteiger partial charge in [-0.15, -0.1) is 0 Å². The summed E-state index contributed by atoms with van der Waals surface area (Å²) in [7, 11) is 0. The van der Waals surface area contributed by atoms with E-state index < -0.39 is 0 Å². The fourth-order valence-electron chi connectivity index (χ4n) is 2.05. The molecule has 0 saturated carbocycles. The van der Waals surface area contributed by atoms with E-state index in [0.717, 1.165) is 30.8 Å². The van der Waals surface area contributed by atoms with E-state index >= 15 is 0 Å². The van der Waals surface area contributed by atoms with Crippen molar-refractivity contribution in [3.05, 3.63) is 51.3 Å². The number of hydrogen-bond donors (Lipinski definition) is 1. The minimum absolute atomic E-state index is 0.582. The van der Waals surface area contributed by atoms with E-state index in [1.165, 1.54) is 5.56 Å². The van der Waals surface area contributed by atoms with Crippen LogP contribution in [-0.4, -0.2) is 16.3 Å². The molecule has 0 bridgehead atoms. The summed E-state index contributed by atoms with van der Waals surface area (Å²) in [6.07, 6.45) is 3.04. The normalized spacial score (nSPS) is 11.0. The van der Waals surface area contributed by atoms with E-state index in [0.29, 0.717) is 16.6 Å². The van der Waals surface area contributed by atoms with Crippen LogP contribution in [0.5, 0.6) is 0 Å². The lowest BCUT2D eigenvalue weighted by Crippen LogP contribution is -2.14. The molecule has 5 heteroatoms. The number of nitrogens with one attached hydrogen (secondary N) is 1. The molecule has 1 aromatic carbocycles. The third kappa shape index (κ3) is 3.54. The van der Waals surface area contributed by atoms with Crippen molar-refractivity contribution < 1.29 is 0 Å². The van der Waals surface area contributed by atoms with Gasteiger partial charge >= 0.3 is 0 Å². The highest BCUT2D eigenvalue weighted by Gasteiger charge is 2.09. The molecule has 2 aromatic rings. The van der Waals surface area contributed by atoms with Crippen molar-refractivity contribution in [3.8, 4) is 0 Å². The molecule has 108 valence electrons. The van der Waals surface area contributed by atoms with Crippen LogP contribution in [0.2, 0.25) is 10.0 Å². The summed E-state index contributed by atoms with van der Waals surface area (Å²) in [6.45, 7) is 6.74. The standard InChI is InChI=1S/C15H19Cl2N3/c1-3-7-18-8-13-9-19-20(11(13)2)10-12-5-4-6-14(16)15(12)17/h4-6,9,18H,3,7-8,10H2,1-2H3. The second kappa shape index (κ2) is 7.11. The Morgan fingerprint density at radius 3 is 2.80 bits per heavy atom. The van der Waals surface area contributed by atoms with Crippen LogP contribution in [0.15, 0.2) is 24.4 Å². The van der Waals surface area contributed by atoms with Gasteiger partial charge in [0.2, 0.25) is 0 Å². The molecule has 0 radical (unpaired) electrons. The predicted octanol–water partition coefficient (Wildman–Crippen LogP) is 4.05. The summed E-state index contributed by atoms with van der Waals surface area (Å²) in [4.78, 5) is 0. The van der Waals surface area contributed by atoms with Crippen molar-refractivity contribution >= 4 is 23.2 Å². The van der Waals surface area contributed by atoms with Gasteiger partial charge in [0, 0.05) is 17.8 Å². The minimum Gasteiger partial charge on any atom is -0.313 e. The van der Waals surface area contributed by atoms with Gasteiger partial charge in [-0.05, 0) is 31.5 Å². The van der Waals surface area contributed by atoms with Crippen molar-refractivity contribution in [2.24, 2.45) is 0 Å². The van der Waals surface area contributed by atoms with Gasteiger partial charge in [0.25, 0.3) is 0 Å². The maximum absolute atomic E-state index is 6.22. The molecule has 0 unspecified atom stereocenters. The highest BCUT2D eigenvalue weighted by Crippen LogP contribution is 2.26. The van der Waals surface area contributed by atoms with Crippen LogP contribution in [0.25, 0.3) is 0 Å². The van der Waals surface area contributed by atoms with E-state index in [9.17, 15) is 0 Å². The zero-order valence-corrected chi connectivity index (χ0v) is 13.3. The van der Waals surface area contributed by atoms with Crippen molar-refractivity contribution in [3.63, 3.8) is 0 Å². The highest BCUT2D eigenvalue weighted by molar-refractivity contribution is 6.42. The van der Waals surface area contributed by atoms with E-state index in [2.05, 4.69) is 24.3 Å². The maximum Gasteiger partial charge on any atom is 0.0677 e. The molecule has 1 heterocycles. The first-order chi connectivity index (χ1) is 9.63. The fourth-order valence-corrected chi connectivity index (χ4v) is 2.43. The Balaban J connectivity index is 2.12. The summed E-state index contributed by atoms with van der Waals surface area (Å²) in [5.41, 5.74) is 3.36. The molecule has 2 rings (SSSR count). The number of rotatable bonds is 6. The van der Waals surface area contributed by atoms with E-state index in [4.69, 9.17) is 23.2 Å². The zero-order valence-electron chi connectivity index (χ0n) is 11.8. The molecule has 0 amide bonds. The van der Waals surface area contributed by atoms with E-state index in [1.807, 2.05) is 23.0 Å². The number of aromatic nitrogens is 2. The van der Waals surface area contributed by atoms with E-state index in [1.54, 1.807) is 6.07 Å². The molecule has 0 aliphatic carbocycles. The van der Waals surface area contributed by atoms with Crippen LogP contribution in [0.3, 0.4) is 0 Å². The number of nitrogens with zero attached hydrogens (tertiary/aromatic N) is 2. The summed E-state index contributed by atoms with van der Waals surface area (Å²) in [6, 6.07) is 5.68. The van der Waals surface area contributed by atoms with Crippen LogP contribution >= 0.6 is 23.2 Å². The van der Waals surface area contributed by atoms with Gasteiger partial charge in [0.15, 0.2) is 0 Å². The lowest BCUT2D eigenvalue weighted by atomic mass is 10.2. The van der Waals surface area contributed by atoms with Crippen molar-refractivity contribution in [2.45, 2.75) is 33.4 Å². The fraction of sp³-hybridized carbons (Fsp3) is 0.400.